The number of nitrogens with zero attached hydrogens (tertiary/aromatic N) is 2. The Kier molecular flexibility index (Phi) is 4.38. The van der Waals surface area contributed by atoms with Crippen molar-refractivity contribution in [1.82, 2.24) is 9.97 Å². The highest BCUT2D eigenvalue weighted by atomic mass is 35.5. The molecule has 2 rings (SSSR count). The second-order valence-corrected chi connectivity index (χ2v) is 5.27. The number of benzene rings is 1. The molecule has 0 amide bonds. The van der Waals surface area contributed by atoms with Crippen molar-refractivity contribution < 1.29 is 4.39 Å². The molecule has 0 fully saturated rings. The van der Waals surface area contributed by atoms with Gasteiger partial charge in [-0.3, -0.25) is 0 Å². The van der Waals surface area contributed by atoms with E-state index >= 15 is 0 Å². The summed E-state index contributed by atoms with van der Waals surface area (Å²) in [6.45, 7) is 3.93. The first kappa shape index (κ1) is 14.2. The molecule has 19 heavy (non-hydrogen) atoms. The highest BCUT2D eigenvalue weighted by Gasteiger charge is 2.15. The van der Waals surface area contributed by atoms with Gasteiger partial charge in [0.1, 0.15) is 21.9 Å². The molecule has 1 aromatic carbocycles. The Balaban J connectivity index is 2.35. The molecule has 0 aliphatic carbocycles. The van der Waals surface area contributed by atoms with Gasteiger partial charge in [0.2, 0.25) is 0 Å². The molecule has 0 aliphatic heterocycles. The van der Waals surface area contributed by atoms with Gasteiger partial charge in [-0.05, 0) is 17.5 Å². The maximum atomic E-state index is 13.6. The van der Waals surface area contributed by atoms with Gasteiger partial charge < -0.3 is 0 Å². The van der Waals surface area contributed by atoms with Gasteiger partial charge in [0.15, 0.2) is 0 Å². The largest absolute Gasteiger partial charge is 0.220 e. The lowest BCUT2D eigenvalue weighted by atomic mass is 10.1. The second kappa shape index (κ2) is 5.85. The summed E-state index contributed by atoms with van der Waals surface area (Å²) in [5, 5.41) is 0.669. The molecule has 0 aliphatic rings. The highest BCUT2D eigenvalue weighted by Crippen LogP contribution is 2.29. The zero-order valence-corrected chi connectivity index (χ0v) is 12.1. The van der Waals surface area contributed by atoms with Gasteiger partial charge in [-0.1, -0.05) is 55.2 Å². The monoisotopic (exact) mass is 298 g/mol. The normalized spacial score (nSPS) is 11.1. The van der Waals surface area contributed by atoms with E-state index in [0.29, 0.717) is 21.7 Å². The fraction of sp³-hybridized carbons (Fsp3) is 0.286. The maximum Gasteiger partial charge on any atom is 0.137 e. The topological polar surface area (TPSA) is 25.8 Å². The first-order valence-corrected chi connectivity index (χ1v) is 6.70. The van der Waals surface area contributed by atoms with Gasteiger partial charge in [0.05, 0.1) is 0 Å². The third-order valence-electron chi connectivity index (χ3n) is 2.78. The Morgan fingerprint density at radius 3 is 2.21 bits per heavy atom. The lowest BCUT2D eigenvalue weighted by Gasteiger charge is -2.11. The molecule has 0 unspecified atom stereocenters. The van der Waals surface area contributed by atoms with Crippen molar-refractivity contribution >= 4 is 23.2 Å². The molecule has 0 N–H and O–H groups in total. The molecule has 1 heterocycles. The standard InChI is InChI=1S/C14H13Cl2FN2/c1-8(2)12-13(15)18-11(19-14(12)16)7-9-5-3-4-6-10(9)17/h3-6,8H,7H2,1-2H3. The predicted octanol–water partition coefficient (Wildman–Crippen LogP) is 4.64. The van der Waals surface area contributed by atoms with Gasteiger partial charge in [0, 0.05) is 12.0 Å². The summed E-state index contributed by atoms with van der Waals surface area (Å²) in [5.74, 6) is 0.276. The minimum atomic E-state index is -0.286. The smallest absolute Gasteiger partial charge is 0.137 e. The van der Waals surface area contributed by atoms with Gasteiger partial charge >= 0.3 is 0 Å². The molecule has 0 atom stereocenters. The van der Waals surface area contributed by atoms with Crippen LogP contribution in [-0.2, 0) is 6.42 Å². The van der Waals surface area contributed by atoms with E-state index < -0.39 is 0 Å². The summed E-state index contributed by atoms with van der Waals surface area (Å²) < 4.78 is 13.6. The zero-order valence-electron chi connectivity index (χ0n) is 10.6. The molecule has 5 heteroatoms. The van der Waals surface area contributed by atoms with Crippen molar-refractivity contribution in [2.75, 3.05) is 0 Å². The van der Waals surface area contributed by atoms with E-state index in [1.54, 1.807) is 18.2 Å². The average molecular weight is 299 g/mol. The lowest BCUT2D eigenvalue weighted by molar-refractivity contribution is 0.612. The number of hydrogen-bond donors (Lipinski definition) is 0. The van der Waals surface area contributed by atoms with Gasteiger partial charge in [-0.2, -0.15) is 0 Å². The van der Waals surface area contributed by atoms with E-state index in [4.69, 9.17) is 23.2 Å². The molecule has 2 aromatic rings. The molecule has 0 saturated heterocycles. The van der Waals surface area contributed by atoms with Crippen molar-refractivity contribution in [1.29, 1.82) is 0 Å². The van der Waals surface area contributed by atoms with Gasteiger partial charge in [-0.15, -0.1) is 0 Å². The predicted molar refractivity (Wildman–Crippen MR) is 75.3 cm³/mol. The van der Waals surface area contributed by atoms with Crippen molar-refractivity contribution in [3.8, 4) is 0 Å². The van der Waals surface area contributed by atoms with E-state index in [-0.39, 0.29) is 18.2 Å². The summed E-state index contributed by atoms with van der Waals surface area (Å²) in [6, 6.07) is 6.50. The van der Waals surface area contributed by atoms with Crippen LogP contribution >= 0.6 is 23.2 Å². The Bertz CT molecular complexity index is 577. The summed E-state index contributed by atoms with van der Waals surface area (Å²) >= 11 is 12.2. The van der Waals surface area contributed by atoms with Crippen LogP contribution in [0, 0.1) is 5.82 Å². The molecule has 0 radical (unpaired) electrons. The van der Waals surface area contributed by atoms with Crippen LogP contribution in [0.25, 0.3) is 0 Å². The second-order valence-electron chi connectivity index (χ2n) is 4.56. The van der Waals surface area contributed by atoms with E-state index in [0.717, 1.165) is 5.56 Å². The summed E-state index contributed by atoms with van der Waals surface area (Å²) in [5.41, 5.74) is 1.24. The van der Waals surface area contributed by atoms with E-state index in [1.165, 1.54) is 6.07 Å². The lowest BCUT2D eigenvalue weighted by Crippen LogP contribution is -2.04. The Morgan fingerprint density at radius 2 is 1.68 bits per heavy atom. The Labute approximate surface area is 121 Å². The Morgan fingerprint density at radius 1 is 1.11 bits per heavy atom. The fourth-order valence-corrected chi connectivity index (χ4v) is 2.68. The minimum absolute atomic E-state index is 0.141. The number of hydrogen-bond acceptors (Lipinski definition) is 2. The fourth-order valence-electron chi connectivity index (χ4n) is 1.82. The number of halogens is 3. The van der Waals surface area contributed by atoms with Crippen molar-refractivity contribution in [2.45, 2.75) is 26.2 Å². The van der Waals surface area contributed by atoms with Gasteiger partial charge in [-0.25, -0.2) is 14.4 Å². The third kappa shape index (κ3) is 3.23. The van der Waals surface area contributed by atoms with Crippen LogP contribution in [0.5, 0.6) is 0 Å². The zero-order chi connectivity index (χ0) is 14.0. The SMILES string of the molecule is CC(C)c1c(Cl)nc(Cc2ccccc2F)nc1Cl. The van der Waals surface area contributed by atoms with Gasteiger partial charge in [0.25, 0.3) is 0 Å². The van der Waals surface area contributed by atoms with Crippen molar-refractivity contribution in [3.05, 3.63) is 57.3 Å². The van der Waals surface area contributed by atoms with Crippen LogP contribution in [-0.4, -0.2) is 9.97 Å². The maximum absolute atomic E-state index is 13.6. The number of aromatic nitrogens is 2. The summed E-state index contributed by atoms with van der Waals surface area (Å²) in [6.07, 6.45) is 0.268. The quantitative estimate of drug-likeness (QED) is 0.772. The molecule has 0 saturated carbocycles. The molecule has 0 spiro atoms. The van der Waals surface area contributed by atoms with E-state index in [9.17, 15) is 4.39 Å². The minimum Gasteiger partial charge on any atom is -0.220 e. The highest BCUT2D eigenvalue weighted by molar-refractivity contribution is 6.34. The molecular weight excluding hydrogens is 286 g/mol. The molecule has 1 aromatic heterocycles. The molecule has 0 bridgehead atoms. The number of rotatable bonds is 3. The summed E-state index contributed by atoms with van der Waals surface area (Å²) in [4.78, 5) is 8.39. The van der Waals surface area contributed by atoms with E-state index in [1.807, 2.05) is 13.8 Å². The third-order valence-corrected chi connectivity index (χ3v) is 3.36. The van der Waals surface area contributed by atoms with E-state index in [2.05, 4.69) is 9.97 Å². The van der Waals surface area contributed by atoms with Crippen LogP contribution in [0.3, 0.4) is 0 Å². The molecular formula is C14H13Cl2FN2. The van der Waals surface area contributed by atoms with Crippen molar-refractivity contribution in [2.24, 2.45) is 0 Å². The van der Waals surface area contributed by atoms with Crippen LogP contribution in [0.4, 0.5) is 4.39 Å². The molecule has 100 valence electrons. The first-order valence-electron chi connectivity index (χ1n) is 5.94. The summed E-state index contributed by atoms with van der Waals surface area (Å²) in [7, 11) is 0. The average Bonchev–Trinajstić information content (AvgIpc) is 2.30. The first-order chi connectivity index (χ1) is 8.99. The van der Waals surface area contributed by atoms with Crippen molar-refractivity contribution in [3.63, 3.8) is 0 Å². The Hall–Kier alpha value is -1.19. The van der Waals surface area contributed by atoms with Crippen LogP contribution < -0.4 is 0 Å². The van der Waals surface area contributed by atoms with Crippen LogP contribution in [0.1, 0.15) is 36.7 Å². The molecule has 2 nitrogen and oxygen atoms in total. The van der Waals surface area contributed by atoms with Crippen LogP contribution in [0.15, 0.2) is 24.3 Å². The van der Waals surface area contributed by atoms with Crippen LogP contribution in [0.2, 0.25) is 10.3 Å².